The summed E-state index contributed by atoms with van der Waals surface area (Å²) in [7, 11) is 1.76. The van der Waals surface area contributed by atoms with Crippen molar-refractivity contribution >= 4 is 12.4 Å². The van der Waals surface area contributed by atoms with Crippen LogP contribution in [0.5, 0.6) is 0 Å². The summed E-state index contributed by atoms with van der Waals surface area (Å²) in [6.07, 6.45) is -1.18. The van der Waals surface area contributed by atoms with Gasteiger partial charge in [-0.05, 0) is 37.9 Å². The number of nitrogens with zero attached hydrogens (tertiary/aromatic N) is 2. The Morgan fingerprint density at radius 3 is 2.62 bits per heavy atom. The molecule has 1 N–H and O–H groups in total. The lowest BCUT2D eigenvalue weighted by atomic mass is 9.72. The Morgan fingerprint density at radius 2 is 2.07 bits per heavy atom. The molecule has 1 aromatic heterocycles. The van der Waals surface area contributed by atoms with Crippen LogP contribution in [0.4, 0.5) is 13.2 Å². The van der Waals surface area contributed by atoms with Gasteiger partial charge in [-0.15, -0.1) is 0 Å². The molecule has 3 rings (SSSR count). The molecular weight excluding hydrogens is 387 g/mol. The zero-order valence-corrected chi connectivity index (χ0v) is 16.3. The van der Waals surface area contributed by atoms with E-state index < -0.39 is 12.1 Å². The van der Waals surface area contributed by atoms with E-state index in [1.54, 1.807) is 18.1 Å². The fourth-order valence-corrected chi connectivity index (χ4v) is 3.84. The highest BCUT2D eigenvalue weighted by Gasteiger charge is 2.48. The number of ether oxygens (including phenoxy) is 1. The molecule has 160 valence electrons. The number of pyridine rings is 1. The van der Waals surface area contributed by atoms with Crippen molar-refractivity contribution in [2.24, 2.45) is 5.92 Å². The maximum absolute atomic E-state index is 12.6. The second-order valence-corrected chi connectivity index (χ2v) is 7.87. The van der Waals surface area contributed by atoms with E-state index in [9.17, 15) is 22.8 Å². The summed E-state index contributed by atoms with van der Waals surface area (Å²) in [4.78, 5) is 28.7. The summed E-state index contributed by atoms with van der Waals surface area (Å²) in [5.74, 6) is -1.04. The Morgan fingerprint density at radius 1 is 1.34 bits per heavy atom. The molecule has 0 aromatic carbocycles. The molecule has 6 nitrogen and oxygen atoms in total. The van der Waals surface area contributed by atoms with Gasteiger partial charge in [-0.2, -0.15) is 13.2 Å². The predicted molar refractivity (Wildman–Crippen MR) is 99.2 cm³/mol. The molecule has 2 aliphatic rings. The molecule has 1 aliphatic heterocycles. The number of likely N-dealkylation sites (tertiary alicyclic amines) is 1. The van der Waals surface area contributed by atoms with Gasteiger partial charge in [0.25, 0.3) is 6.47 Å². The van der Waals surface area contributed by atoms with Crippen molar-refractivity contribution in [3.8, 4) is 0 Å². The number of rotatable bonds is 9. The first-order valence-corrected chi connectivity index (χ1v) is 9.84. The summed E-state index contributed by atoms with van der Waals surface area (Å²) in [5, 5.41) is 3.01. The van der Waals surface area contributed by atoms with E-state index in [0.717, 1.165) is 11.3 Å². The van der Waals surface area contributed by atoms with E-state index in [0.29, 0.717) is 32.4 Å². The summed E-state index contributed by atoms with van der Waals surface area (Å²) >= 11 is 0. The minimum absolute atomic E-state index is 0.0542. The first-order valence-electron chi connectivity index (χ1n) is 9.84. The third kappa shape index (κ3) is 5.26. The second kappa shape index (κ2) is 9.11. The van der Waals surface area contributed by atoms with E-state index in [-0.39, 0.29) is 43.2 Å². The molecule has 0 spiro atoms. The average molecular weight is 413 g/mol. The molecular formula is C20H26F3N3O3. The molecule has 1 aromatic rings. The molecule has 1 aliphatic carbocycles. The summed E-state index contributed by atoms with van der Waals surface area (Å²) in [6.45, 7) is 1.87. The van der Waals surface area contributed by atoms with Gasteiger partial charge >= 0.3 is 6.18 Å². The molecule has 1 unspecified atom stereocenters. The van der Waals surface area contributed by atoms with Crippen LogP contribution >= 0.6 is 0 Å². The highest BCUT2D eigenvalue weighted by molar-refractivity contribution is 5.77. The van der Waals surface area contributed by atoms with Crippen LogP contribution in [0.2, 0.25) is 0 Å². The van der Waals surface area contributed by atoms with Crippen molar-refractivity contribution in [1.82, 2.24) is 15.2 Å². The lowest BCUT2D eigenvalue weighted by molar-refractivity contribution is -0.197. The van der Waals surface area contributed by atoms with Gasteiger partial charge in [0.15, 0.2) is 0 Å². The van der Waals surface area contributed by atoms with Crippen LogP contribution in [0.15, 0.2) is 18.3 Å². The topological polar surface area (TPSA) is 71.5 Å². The summed E-state index contributed by atoms with van der Waals surface area (Å²) in [5.41, 5.74) is 1.73. The zero-order chi connectivity index (χ0) is 21.0. The standard InChI is InChI=1S/C20H26F3N3O3/c1-24-17(11-29-12-27)3-5-19(28)26-9-15(10-26)13-2-4-18(25-8-13)14-6-16(7-14)20(21,22)23/h2,4,8,12,14-17,24H,3,5-7,9-11H2,1H3. The lowest BCUT2D eigenvalue weighted by Gasteiger charge is -2.40. The highest BCUT2D eigenvalue weighted by atomic mass is 19.4. The minimum Gasteiger partial charge on any atom is -0.466 e. The molecule has 9 heteroatoms. The molecule has 2 heterocycles. The van der Waals surface area contributed by atoms with Crippen LogP contribution in [-0.2, 0) is 14.3 Å². The van der Waals surface area contributed by atoms with Gasteiger partial charge in [0.2, 0.25) is 5.91 Å². The van der Waals surface area contributed by atoms with Gasteiger partial charge in [-0.1, -0.05) is 6.07 Å². The molecule has 29 heavy (non-hydrogen) atoms. The number of likely N-dealkylation sites (N-methyl/N-ethyl adjacent to an activating group) is 1. The first kappa shape index (κ1) is 21.5. The zero-order valence-electron chi connectivity index (χ0n) is 16.3. The molecule has 1 saturated carbocycles. The number of halogens is 3. The largest absolute Gasteiger partial charge is 0.466 e. The van der Waals surface area contributed by atoms with Crippen molar-refractivity contribution in [3.63, 3.8) is 0 Å². The quantitative estimate of drug-likeness (QED) is 0.630. The lowest BCUT2D eigenvalue weighted by Crippen LogP contribution is -2.48. The van der Waals surface area contributed by atoms with Crippen LogP contribution in [0.25, 0.3) is 0 Å². The van der Waals surface area contributed by atoms with Gasteiger partial charge in [-0.25, -0.2) is 0 Å². The van der Waals surface area contributed by atoms with Crippen molar-refractivity contribution in [3.05, 3.63) is 29.6 Å². The van der Waals surface area contributed by atoms with Crippen LogP contribution in [0.1, 0.15) is 48.8 Å². The Labute approximate surface area is 167 Å². The number of carbonyl (C=O) groups is 2. The fraction of sp³-hybridized carbons (Fsp3) is 0.650. The van der Waals surface area contributed by atoms with Crippen molar-refractivity contribution in [1.29, 1.82) is 0 Å². The van der Waals surface area contributed by atoms with Gasteiger partial charge in [0, 0.05) is 49.3 Å². The maximum atomic E-state index is 12.6. The Bertz CT molecular complexity index is 699. The molecule has 1 saturated heterocycles. The van der Waals surface area contributed by atoms with Crippen LogP contribution in [0.3, 0.4) is 0 Å². The van der Waals surface area contributed by atoms with E-state index >= 15 is 0 Å². The number of nitrogens with one attached hydrogen (secondary N) is 1. The van der Waals surface area contributed by atoms with E-state index in [2.05, 4.69) is 10.3 Å². The maximum Gasteiger partial charge on any atom is 0.391 e. The average Bonchev–Trinajstić information content (AvgIpc) is 2.59. The van der Waals surface area contributed by atoms with Crippen molar-refractivity contribution < 1.29 is 27.5 Å². The van der Waals surface area contributed by atoms with Gasteiger partial charge in [-0.3, -0.25) is 14.6 Å². The number of aromatic nitrogens is 1. The first-order chi connectivity index (χ1) is 13.8. The van der Waals surface area contributed by atoms with Gasteiger partial charge in [0.05, 0.1) is 5.92 Å². The molecule has 0 radical (unpaired) electrons. The van der Waals surface area contributed by atoms with Crippen LogP contribution in [-0.4, -0.2) is 61.2 Å². The minimum atomic E-state index is -4.10. The summed E-state index contributed by atoms with van der Waals surface area (Å²) in [6, 6.07) is 3.69. The third-order valence-electron chi connectivity index (χ3n) is 6.01. The summed E-state index contributed by atoms with van der Waals surface area (Å²) < 4.78 is 42.6. The Balaban J connectivity index is 1.40. The normalized spacial score (nSPS) is 23.1. The van der Waals surface area contributed by atoms with E-state index in [4.69, 9.17) is 4.74 Å². The molecule has 2 fully saturated rings. The van der Waals surface area contributed by atoms with Crippen molar-refractivity contribution in [2.75, 3.05) is 26.7 Å². The van der Waals surface area contributed by atoms with Crippen molar-refractivity contribution in [2.45, 2.75) is 49.7 Å². The Kier molecular flexibility index (Phi) is 6.77. The smallest absolute Gasteiger partial charge is 0.391 e. The molecule has 0 bridgehead atoms. The number of carbonyl (C=O) groups excluding carboxylic acids is 2. The van der Waals surface area contributed by atoms with Crippen LogP contribution in [0, 0.1) is 5.92 Å². The highest BCUT2D eigenvalue weighted by Crippen LogP contribution is 2.49. The van der Waals surface area contributed by atoms with E-state index in [1.165, 1.54) is 0 Å². The second-order valence-electron chi connectivity index (χ2n) is 7.87. The van der Waals surface area contributed by atoms with Gasteiger partial charge < -0.3 is 15.0 Å². The number of amides is 1. The molecule has 1 amide bonds. The van der Waals surface area contributed by atoms with E-state index in [1.807, 2.05) is 12.1 Å². The fourth-order valence-electron chi connectivity index (χ4n) is 3.84. The number of hydrogen-bond acceptors (Lipinski definition) is 5. The third-order valence-corrected chi connectivity index (χ3v) is 6.01. The predicted octanol–water partition coefficient (Wildman–Crippen LogP) is 2.60. The number of hydrogen-bond donors (Lipinski definition) is 1. The number of alkyl halides is 3. The SMILES string of the molecule is CNC(CCC(=O)N1CC(c2ccc(C3CC(C(F)(F)F)C3)nc2)C1)COC=O. The van der Waals surface area contributed by atoms with Gasteiger partial charge in [0.1, 0.15) is 6.61 Å². The van der Waals surface area contributed by atoms with Crippen LogP contribution < -0.4 is 5.32 Å². The Hall–Kier alpha value is -2.16. The monoisotopic (exact) mass is 413 g/mol. The molecule has 1 atom stereocenters.